The number of nitrogens with zero attached hydrogens (tertiary/aromatic N) is 3. The zero-order chi connectivity index (χ0) is 16.4. The molecule has 0 aliphatic heterocycles. The summed E-state index contributed by atoms with van der Waals surface area (Å²) in [7, 11) is 0. The Labute approximate surface area is 168 Å². The van der Waals surface area contributed by atoms with Crippen molar-refractivity contribution in [2.24, 2.45) is 5.11 Å². The maximum absolute atomic E-state index is 13.0. The molecule has 22 heavy (non-hydrogen) atoms. The standard InChI is InChI=1S/C12H14BF3N3O2.K/c1-7-9(13(14,15)16)5-8(6-10(7)18-19-17)11(20)21-12(2,3)4;/h5-6H,1-4H3;/q-1;+1. The molecule has 1 aromatic rings. The first-order chi connectivity index (χ1) is 9.45. The van der Waals surface area contributed by atoms with Crippen LogP contribution in [-0.4, -0.2) is 18.5 Å². The third-order valence-electron chi connectivity index (χ3n) is 2.56. The van der Waals surface area contributed by atoms with Gasteiger partial charge in [-0.2, -0.15) is 0 Å². The Bertz CT molecular complexity index is 623. The smallest absolute Gasteiger partial charge is 0.456 e. The van der Waals surface area contributed by atoms with Gasteiger partial charge in [-0.05, 0) is 39.3 Å². The molecular formula is C12H14BF3KN3O2. The van der Waals surface area contributed by atoms with Gasteiger partial charge < -0.3 is 17.7 Å². The average molecular weight is 339 g/mol. The second-order valence-electron chi connectivity index (χ2n) is 5.48. The van der Waals surface area contributed by atoms with E-state index in [0.29, 0.717) is 0 Å². The molecule has 0 aliphatic carbocycles. The van der Waals surface area contributed by atoms with Crippen LogP contribution in [0.4, 0.5) is 18.6 Å². The zero-order valence-electron chi connectivity index (χ0n) is 13.0. The van der Waals surface area contributed by atoms with Crippen molar-refractivity contribution in [2.45, 2.75) is 33.3 Å². The van der Waals surface area contributed by atoms with E-state index in [1.54, 1.807) is 20.8 Å². The molecule has 0 saturated carbocycles. The molecule has 0 unspecified atom stereocenters. The number of benzene rings is 1. The number of hydrogen-bond donors (Lipinski definition) is 0. The SMILES string of the molecule is Cc1c(N=[N+]=[N-])cc(C(=O)OC(C)(C)C)cc1[B-](F)(F)F.[K+]. The third-order valence-corrected chi connectivity index (χ3v) is 2.56. The Kier molecular flexibility index (Phi) is 7.67. The van der Waals surface area contributed by atoms with Gasteiger partial charge in [0.15, 0.2) is 0 Å². The summed E-state index contributed by atoms with van der Waals surface area (Å²) in [6, 6.07) is 1.81. The zero-order valence-corrected chi connectivity index (χ0v) is 16.1. The number of halogens is 3. The average Bonchev–Trinajstić information content (AvgIpc) is 2.28. The fraction of sp³-hybridized carbons (Fsp3) is 0.417. The van der Waals surface area contributed by atoms with Gasteiger partial charge in [0.25, 0.3) is 0 Å². The van der Waals surface area contributed by atoms with Crippen LogP contribution >= 0.6 is 0 Å². The largest absolute Gasteiger partial charge is 1.00 e. The molecule has 0 heterocycles. The molecule has 10 heteroatoms. The van der Waals surface area contributed by atoms with Crippen molar-refractivity contribution in [3.05, 3.63) is 33.7 Å². The summed E-state index contributed by atoms with van der Waals surface area (Å²) in [5.41, 5.74) is 5.85. The van der Waals surface area contributed by atoms with Gasteiger partial charge in [-0.15, -0.1) is 5.46 Å². The number of esters is 1. The van der Waals surface area contributed by atoms with E-state index in [1.807, 2.05) is 0 Å². The minimum atomic E-state index is -5.34. The Morgan fingerprint density at radius 2 is 1.86 bits per heavy atom. The molecular weight excluding hydrogens is 325 g/mol. The second-order valence-corrected chi connectivity index (χ2v) is 5.48. The summed E-state index contributed by atoms with van der Waals surface area (Å²) >= 11 is 0. The summed E-state index contributed by atoms with van der Waals surface area (Å²) in [6.07, 6.45) is 0. The minimum Gasteiger partial charge on any atom is -0.456 e. The van der Waals surface area contributed by atoms with Gasteiger partial charge in [0, 0.05) is 10.6 Å². The van der Waals surface area contributed by atoms with Crippen LogP contribution in [0, 0.1) is 6.92 Å². The molecule has 1 aromatic carbocycles. The fourth-order valence-corrected chi connectivity index (χ4v) is 1.67. The van der Waals surface area contributed by atoms with Gasteiger partial charge in [-0.25, -0.2) is 4.79 Å². The van der Waals surface area contributed by atoms with E-state index in [-0.39, 0.29) is 68.2 Å². The van der Waals surface area contributed by atoms with Crippen LogP contribution in [0.5, 0.6) is 0 Å². The quantitative estimate of drug-likeness (QED) is 0.270. The van der Waals surface area contributed by atoms with E-state index in [9.17, 15) is 17.7 Å². The molecule has 0 N–H and O–H groups in total. The topological polar surface area (TPSA) is 75.1 Å². The monoisotopic (exact) mass is 339 g/mol. The van der Waals surface area contributed by atoms with Crippen molar-refractivity contribution in [3.63, 3.8) is 0 Å². The van der Waals surface area contributed by atoms with Crippen LogP contribution in [-0.2, 0) is 4.74 Å². The van der Waals surface area contributed by atoms with Crippen molar-refractivity contribution in [3.8, 4) is 0 Å². The molecule has 0 amide bonds. The molecule has 114 valence electrons. The van der Waals surface area contributed by atoms with Gasteiger partial charge >= 0.3 is 64.3 Å². The Morgan fingerprint density at radius 3 is 2.27 bits per heavy atom. The second kappa shape index (κ2) is 7.85. The first-order valence-electron chi connectivity index (χ1n) is 6.08. The summed E-state index contributed by atoms with van der Waals surface area (Å²) < 4.78 is 44.1. The number of rotatable bonds is 3. The number of azide groups is 1. The molecule has 0 aliphatic rings. The van der Waals surface area contributed by atoms with E-state index >= 15 is 0 Å². The van der Waals surface area contributed by atoms with E-state index in [1.165, 1.54) is 6.92 Å². The summed E-state index contributed by atoms with van der Waals surface area (Å²) in [6.45, 7) is 0.646. The maximum Gasteiger partial charge on any atom is 1.00 e. The maximum atomic E-state index is 13.0. The van der Waals surface area contributed by atoms with Gasteiger partial charge in [0.2, 0.25) is 0 Å². The van der Waals surface area contributed by atoms with Crippen LogP contribution in [0.1, 0.15) is 36.7 Å². The minimum absolute atomic E-state index is 0. The molecule has 0 radical (unpaired) electrons. The van der Waals surface area contributed by atoms with E-state index in [4.69, 9.17) is 10.3 Å². The molecule has 1 rings (SSSR count). The van der Waals surface area contributed by atoms with Gasteiger partial charge in [0.1, 0.15) is 5.60 Å². The van der Waals surface area contributed by atoms with Gasteiger partial charge in [-0.1, -0.05) is 16.7 Å². The third kappa shape index (κ3) is 5.94. The molecule has 0 spiro atoms. The molecule has 0 aromatic heterocycles. The Balaban J connectivity index is 0.00000441. The van der Waals surface area contributed by atoms with Crippen molar-refractivity contribution in [2.75, 3.05) is 0 Å². The van der Waals surface area contributed by atoms with Gasteiger partial charge in [-0.3, -0.25) is 0 Å². The van der Waals surface area contributed by atoms with Crippen LogP contribution in [0.25, 0.3) is 10.4 Å². The van der Waals surface area contributed by atoms with Gasteiger partial charge in [0.05, 0.1) is 5.56 Å². The van der Waals surface area contributed by atoms with Crippen molar-refractivity contribution in [1.29, 1.82) is 0 Å². The summed E-state index contributed by atoms with van der Waals surface area (Å²) in [4.78, 5) is 14.4. The summed E-state index contributed by atoms with van der Waals surface area (Å²) in [5, 5.41) is 3.20. The number of carbonyl (C=O) groups is 1. The van der Waals surface area contributed by atoms with Crippen molar-refractivity contribution in [1.82, 2.24) is 0 Å². The number of ether oxygens (including phenoxy) is 1. The molecule has 0 saturated heterocycles. The first-order valence-corrected chi connectivity index (χ1v) is 6.08. The van der Waals surface area contributed by atoms with Crippen molar-refractivity contribution < 1.29 is 73.9 Å². The number of carbonyl (C=O) groups excluding carboxylic acids is 1. The van der Waals surface area contributed by atoms with Crippen LogP contribution in [0.2, 0.25) is 0 Å². The van der Waals surface area contributed by atoms with E-state index in [2.05, 4.69) is 10.0 Å². The number of hydrogen-bond acceptors (Lipinski definition) is 3. The molecule has 0 bridgehead atoms. The van der Waals surface area contributed by atoms with E-state index in [0.717, 1.165) is 12.1 Å². The Morgan fingerprint density at radius 1 is 1.32 bits per heavy atom. The normalized spacial score (nSPS) is 11.2. The van der Waals surface area contributed by atoms with Crippen LogP contribution < -0.4 is 56.8 Å². The predicted octanol–water partition coefficient (Wildman–Crippen LogP) is 0.951. The van der Waals surface area contributed by atoms with E-state index < -0.39 is 24.0 Å². The predicted molar refractivity (Wildman–Crippen MR) is 73.9 cm³/mol. The Hall–Kier alpha value is -0.509. The summed E-state index contributed by atoms with van der Waals surface area (Å²) in [5.74, 6) is -0.904. The van der Waals surface area contributed by atoms with Crippen LogP contribution in [0.15, 0.2) is 17.2 Å². The molecule has 5 nitrogen and oxygen atoms in total. The van der Waals surface area contributed by atoms with Crippen LogP contribution in [0.3, 0.4) is 0 Å². The fourth-order valence-electron chi connectivity index (χ4n) is 1.67. The van der Waals surface area contributed by atoms with Crippen molar-refractivity contribution >= 4 is 24.1 Å². The molecule has 0 fully saturated rings. The molecule has 0 atom stereocenters. The first kappa shape index (κ1) is 21.5.